The van der Waals surface area contributed by atoms with Crippen molar-refractivity contribution in [2.24, 2.45) is 5.92 Å². The van der Waals surface area contributed by atoms with E-state index in [0.717, 1.165) is 0 Å². The van der Waals surface area contributed by atoms with Crippen LogP contribution >= 0.6 is 11.6 Å². The largest absolute Gasteiger partial charge is 0.497 e. The Morgan fingerprint density at radius 3 is 2.56 bits per heavy atom. The number of ether oxygens (including phenoxy) is 2. The number of halogens is 1. The van der Waals surface area contributed by atoms with Gasteiger partial charge in [-0.1, -0.05) is 11.6 Å². The van der Waals surface area contributed by atoms with Crippen LogP contribution in [0.25, 0.3) is 0 Å². The quantitative estimate of drug-likeness (QED) is 0.766. The highest BCUT2D eigenvalue weighted by atomic mass is 35.5. The number of nitrogens with one attached hydrogen (secondary N) is 1. The van der Waals surface area contributed by atoms with Gasteiger partial charge in [-0.2, -0.15) is 5.26 Å². The van der Waals surface area contributed by atoms with E-state index in [2.05, 4.69) is 11.4 Å². The summed E-state index contributed by atoms with van der Waals surface area (Å²) in [6.45, 7) is 0. The number of nitrogens with zero attached hydrogens (tertiary/aromatic N) is 1. The van der Waals surface area contributed by atoms with Crippen molar-refractivity contribution in [3.63, 3.8) is 0 Å². The SMILES string of the molecule is COc1ccc(S(=O)(=O)[C@@H]2C[C@H](OC)[C@@H](C(=O)NC3(C#N)CC3)C2)c(Cl)c1. The summed E-state index contributed by atoms with van der Waals surface area (Å²) in [6, 6.07) is 6.51. The summed E-state index contributed by atoms with van der Waals surface area (Å²) in [5.74, 6) is -0.499. The Balaban J connectivity index is 1.81. The van der Waals surface area contributed by atoms with Crippen molar-refractivity contribution in [2.45, 2.75) is 47.5 Å². The molecule has 0 radical (unpaired) electrons. The molecule has 0 bridgehead atoms. The van der Waals surface area contributed by atoms with Crippen LogP contribution < -0.4 is 10.1 Å². The standard InChI is InChI=1S/C18H21ClN2O5S/c1-25-11-3-4-16(14(19)7-11)27(23,24)12-8-13(15(9-12)26-2)17(22)21-18(10-20)5-6-18/h3-4,7,12-13,15H,5-6,8-9H2,1-2H3,(H,21,22)/t12-,13-,15-/m0/s1. The second-order valence-electron chi connectivity index (χ2n) is 7.00. The van der Waals surface area contributed by atoms with Gasteiger partial charge in [0.25, 0.3) is 0 Å². The summed E-state index contributed by atoms with van der Waals surface area (Å²) in [6.07, 6.45) is 1.01. The Morgan fingerprint density at radius 1 is 1.33 bits per heavy atom. The maximum atomic E-state index is 13.1. The highest BCUT2D eigenvalue weighted by Crippen LogP contribution is 2.40. The van der Waals surface area contributed by atoms with Crippen molar-refractivity contribution >= 4 is 27.3 Å². The first kappa shape index (κ1) is 19.9. The zero-order valence-corrected chi connectivity index (χ0v) is 16.6. The number of nitriles is 1. The van der Waals surface area contributed by atoms with Crippen molar-refractivity contribution < 1.29 is 22.7 Å². The van der Waals surface area contributed by atoms with E-state index in [1.807, 2.05) is 0 Å². The Labute approximate surface area is 163 Å². The molecule has 2 fully saturated rings. The van der Waals surface area contributed by atoms with Crippen molar-refractivity contribution in [1.82, 2.24) is 5.32 Å². The van der Waals surface area contributed by atoms with E-state index in [-0.39, 0.29) is 28.7 Å². The van der Waals surface area contributed by atoms with Gasteiger partial charge in [-0.3, -0.25) is 4.79 Å². The minimum Gasteiger partial charge on any atom is -0.497 e. The monoisotopic (exact) mass is 412 g/mol. The Bertz CT molecular complexity index is 892. The normalized spacial score (nSPS) is 26.2. The molecule has 27 heavy (non-hydrogen) atoms. The van der Waals surface area contributed by atoms with Gasteiger partial charge in [0.1, 0.15) is 11.3 Å². The van der Waals surface area contributed by atoms with Crippen molar-refractivity contribution in [2.75, 3.05) is 14.2 Å². The zero-order valence-electron chi connectivity index (χ0n) is 15.1. The van der Waals surface area contributed by atoms with Gasteiger partial charge in [0.15, 0.2) is 9.84 Å². The summed E-state index contributed by atoms with van der Waals surface area (Å²) < 4.78 is 36.6. The first-order valence-corrected chi connectivity index (χ1v) is 10.5. The first-order valence-electron chi connectivity index (χ1n) is 8.60. The maximum absolute atomic E-state index is 13.1. The summed E-state index contributed by atoms with van der Waals surface area (Å²) in [7, 11) is -0.825. The van der Waals surface area contributed by atoms with E-state index in [9.17, 15) is 13.2 Å². The van der Waals surface area contributed by atoms with Gasteiger partial charge in [0, 0.05) is 13.2 Å². The van der Waals surface area contributed by atoms with Crippen LogP contribution in [0.5, 0.6) is 5.75 Å². The van der Waals surface area contributed by atoms with Crippen molar-refractivity contribution in [3.05, 3.63) is 23.2 Å². The lowest BCUT2D eigenvalue weighted by molar-refractivity contribution is -0.128. The lowest BCUT2D eigenvalue weighted by Crippen LogP contribution is -2.42. The predicted octanol–water partition coefficient (Wildman–Crippen LogP) is 2.09. The molecule has 1 N–H and O–H groups in total. The fourth-order valence-electron chi connectivity index (χ4n) is 3.48. The number of carbonyl (C=O) groups is 1. The molecule has 2 aliphatic carbocycles. The van der Waals surface area contributed by atoms with E-state index in [1.165, 1.54) is 32.4 Å². The summed E-state index contributed by atoms with van der Waals surface area (Å²) in [5.41, 5.74) is -0.800. The third-order valence-electron chi connectivity index (χ3n) is 5.31. The average Bonchev–Trinajstić information content (AvgIpc) is 3.27. The van der Waals surface area contributed by atoms with E-state index >= 15 is 0 Å². The van der Waals surface area contributed by atoms with E-state index in [0.29, 0.717) is 18.6 Å². The van der Waals surface area contributed by atoms with Gasteiger partial charge >= 0.3 is 0 Å². The molecule has 0 saturated heterocycles. The smallest absolute Gasteiger partial charge is 0.227 e. The highest BCUT2D eigenvalue weighted by Gasteiger charge is 2.50. The molecule has 3 atom stereocenters. The zero-order chi connectivity index (χ0) is 19.8. The average molecular weight is 413 g/mol. The lowest BCUT2D eigenvalue weighted by Gasteiger charge is -2.19. The van der Waals surface area contributed by atoms with E-state index in [4.69, 9.17) is 26.3 Å². The fourth-order valence-corrected chi connectivity index (χ4v) is 5.83. The molecular weight excluding hydrogens is 392 g/mol. The number of sulfone groups is 1. The molecule has 0 unspecified atom stereocenters. The Morgan fingerprint density at radius 2 is 2.04 bits per heavy atom. The topological polar surface area (TPSA) is 105 Å². The van der Waals surface area contributed by atoms with Crippen LogP contribution in [-0.2, 0) is 19.4 Å². The number of rotatable bonds is 6. The van der Waals surface area contributed by atoms with Gasteiger partial charge in [0.2, 0.25) is 5.91 Å². The second-order valence-corrected chi connectivity index (χ2v) is 9.60. The molecule has 1 aromatic rings. The van der Waals surface area contributed by atoms with Crippen LogP contribution in [0.4, 0.5) is 0 Å². The van der Waals surface area contributed by atoms with Gasteiger partial charge in [-0.15, -0.1) is 0 Å². The number of benzene rings is 1. The third-order valence-corrected chi connectivity index (χ3v) is 7.97. The molecule has 9 heteroatoms. The molecule has 2 aliphatic rings. The maximum Gasteiger partial charge on any atom is 0.227 e. The van der Waals surface area contributed by atoms with Crippen LogP contribution in [0.1, 0.15) is 25.7 Å². The fraction of sp³-hybridized carbons (Fsp3) is 0.556. The van der Waals surface area contributed by atoms with Crippen LogP contribution in [0.3, 0.4) is 0 Å². The lowest BCUT2D eigenvalue weighted by atomic mass is 10.0. The number of hydrogen-bond donors (Lipinski definition) is 1. The molecule has 7 nitrogen and oxygen atoms in total. The number of carbonyl (C=O) groups excluding carboxylic acids is 1. The molecular formula is C18H21ClN2O5S. The molecule has 1 aromatic carbocycles. The summed E-state index contributed by atoms with van der Waals surface area (Å²) in [4.78, 5) is 12.6. The third kappa shape index (κ3) is 3.77. The van der Waals surface area contributed by atoms with Gasteiger partial charge in [-0.05, 0) is 37.8 Å². The Kier molecular flexibility index (Phi) is 5.39. The molecule has 1 amide bonds. The van der Waals surface area contributed by atoms with Crippen LogP contribution in [0, 0.1) is 17.2 Å². The molecule has 0 heterocycles. The molecule has 0 aliphatic heterocycles. The Hall–Kier alpha value is -1.82. The van der Waals surface area contributed by atoms with Gasteiger partial charge in [-0.25, -0.2) is 8.42 Å². The first-order chi connectivity index (χ1) is 12.8. The summed E-state index contributed by atoms with van der Waals surface area (Å²) in [5, 5.41) is 11.2. The van der Waals surface area contributed by atoms with Crippen LogP contribution in [0.2, 0.25) is 5.02 Å². The second kappa shape index (κ2) is 7.30. The predicted molar refractivity (Wildman–Crippen MR) is 98.2 cm³/mol. The molecule has 2 saturated carbocycles. The number of hydrogen-bond acceptors (Lipinski definition) is 6. The van der Waals surface area contributed by atoms with Crippen molar-refractivity contribution in [1.29, 1.82) is 5.26 Å². The highest BCUT2D eigenvalue weighted by molar-refractivity contribution is 7.92. The van der Waals surface area contributed by atoms with Crippen molar-refractivity contribution in [3.8, 4) is 11.8 Å². The number of amides is 1. The van der Waals surface area contributed by atoms with E-state index in [1.54, 1.807) is 0 Å². The van der Waals surface area contributed by atoms with E-state index < -0.39 is 32.6 Å². The van der Waals surface area contributed by atoms with Crippen LogP contribution in [0.15, 0.2) is 23.1 Å². The number of methoxy groups -OCH3 is 2. The molecule has 146 valence electrons. The summed E-state index contributed by atoms with van der Waals surface area (Å²) >= 11 is 6.15. The minimum atomic E-state index is -3.75. The molecule has 3 rings (SSSR count). The molecule has 0 aromatic heterocycles. The van der Waals surface area contributed by atoms with Gasteiger partial charge < -0.3 is 14.8 Å². The minimum absolute atomic E-state index is 0.0153. The van der Waals surface area contributed by atoms with Crippen LogP contribution in [-0.4, -0.2) is 45.4 Å². The molecule has 0 spiro atoms. The van der Waals surface area contributed by atoms with Gasteiger partial charge in [0.05, 0.1) is 40.4 Å².